The molecule has 0 N–H and O–H groups in total. The molecule has 2 unspecified atom stereocenters. The SMILES string of the molecule is C=CCO[C@@H]1C2OC3O[C@@H]1C(=O)[C@H](O3)[C@H]2OCC=C. The van der Waals surface area contributed by atoms with E-state index in [1.165, 1.54) is 0 Å². The minimum Gasteiger partial charge on any atom is -0.368 e. The number of rotatable bonds is 6. The van der Waals surface area contributed by atoms with E-state index >= 15 is 0 Å². The Morgan fingerprint density at radius 3 is 2.00 bits per heavy atom. The number of carbonyl (C=O) groups is 1. The van der Waals surface area contributed by atoms with E-state index in [9.17, 15) is 4.79 Å². The average molecular weight is 268 g/mol. The summed E-state index contributed by atoms with van der Waals surface area (Å²) in [5.41, 5.74) is 0. The normalized spacial score (nSPS) is 43.5. The lowest BCUT2D eigenvalue weighted by molar-refractivity contribution is -0.443. The highest BCUT2D eigenvalue weighted by molar-refractivity contribution is 5.90. The molecule has 4 aliphatic rings. The van der Waals surface area contributed by atoms with E-state index in [0.717, 1.165) is 0 Å². The Hall–Kier alpha value is -1.05. The van der Waals surface area contributed by atoms with Crippen LogP contribution in [0.2, 0.25) is 0 Å². The first kappa shape index (κ1) is 13.0. The molecule has 0 spiro atoms. The third-order valence-corrected chi connectivity index (χ3v) is 3.40. The van der Waals surface area contributed by atoms with E-state index in [-0.39, 0.29) is 11.9 Å². The van der Waals surface area contributed by atoms with Gasteiger partial charge in [-0.1, -0.05) is 12.2 Å². The van der Waals surface area contributed by atoms with Gasteiger partial charge in [0.15, 0.2) is 18.0 Å². The number of carbonyl (C=O) groups excluding carboxylic acids is 1. The lowest BCUT2D eigenvalue weighted by Gasteiger charge is -2.54. The third-order valence-electron chi connectivity index (χ3n) is 3.40. The molecular formula is C13H16O6. The van der Waals surface area contributed by atoms with Crippen LogP contribution in [0.15, 0.2) is 25.3 Å². The van der Waals surface area contributed by atoms with Crippen LogP contribution >= 0.6 is 0 Å². The summed E-state index contributed by atoms with van der Waals surface area (Å²) < 4.78 is 27.5. The zero-order valence-corrected chi connectivity index (χ0v) is 10.4. The molecule has 0 radical (unpaired) electrons. The molecule has 0 aromatic carbocycles. The molecular weight excluding hydrogens is 252 g/mol. The summed E-state index contributed by atoms with van der Waals surface area (Å²) in [4.78, 5) is 12.2. The van der Waals surface area contributed by atoms with Crippen molar-refractivity contribution in [1.82, 2.24) is 0 Å². The Morgan fingerprint density at radius 2 is 1.53 bits per heavy atom. The molecule has 3 saturated heterocycles. The Labute approximate surface area is 110 Å². The van der Waals surface area contributed by atoms with Crippen molar-refractivity contribution in [1.29, 1.82) is 0 Å². The molecule has 1 aliphatic carbocycles. The number of ketones is 1. The van der Waals surface area contributed by atoms with Crippen LogP contribution < -0.4 is 0 Å². The summed E-state index contributed by atoms with van der Waals surface area (Å²) in [6.07, 6.45) is 0.586. The molecule has 6 atom stereocenters. The first-order valence-corrected chi connectivity index (χ1v) is 6.21. The lowest BCUT2D eigenvalue weighted by atomic mass is 9.83. The minimum atomic E-state index is -0.801. The van der Waals surface area contributed by atoms with Crippen molar-refractivity contribution >= 4 is 5.78 Å². The fraction of sp³-hybridized carbons (Fsp3) is 0.615. The zero-order valence-electron chi connectivity index (χ0n) is 10.4. The van der Waals surface area contributed by atoms with Crippen LogP contribution in [-0.2, 0) is 28.5 Å². The fourth-order valence-corrected chi connectivity index (χ4v) is 2.65. The first-order valence-electron chi connectivity index (χ1n) is 6.21. The predicted octanol–water partition coefficient (Wildman–Crippen LogP) is 0.178. The van der Waals surface area contributed by atoms with Crippen molar-refractivity contribution in [3.05, 3.63) is 25.3 Å². The number of Topliss-reactive ketones (excluding diaryl/α,β-unsaturated/α-hetero) is 1. The third kappa shape index (κ3) is 2.05. The van der Waals surface area contributed by atoms with Crippen molar-refractivity contribution < 1.29 is 28.5 Å². The van der Waals surface area contributed by atoms with Gasteiger partial charge in [0.1, 0.15) is 18.3 Å². The fourth-order valence-electron chi connectivity index (χ4n) is 2.65. The molecule has 4 fully saturated rings. The molecule has 19 heavy (non-hydrogen) atoms. The maximum atomic E-state index is 12.2. The highest BCUT2D eigenvalue weighted by Gasteiger charge is 2.62. The van der Waals surface area contributed by atoms with Gasteiger partial charge in [-0.2, -0.15) is 0 Å². The minimum absolute atomic E-state index is 0.154. The van der Waals surface area contributed by atoms with Crippen molar-refractivity contribution in [2.45, 2.75) is 37.0 Å². The molecule has 1 saturated carbocycles. The van der Waals surface area contributed by atoms with E-state index in [1.54, 1.807) is 12.2 Å². The summed E-state index contributed by atoms with van der Waals surface area (Å²) in [6.45, 7) is 7.02. The van der Waals surface area contributed by atoms with Crippen molar-refractivity contribution in [3.8, 4) is 0 Å². The Kier molecular flexibility index (Phi) is 3.51. The van der Waals surface area contributed by atoms with Crippen LogP contribution in [0.1, 0.15) is 0 Å². The van der Waals surface area contributed by atoms with Crippen LogP contribution in [0.25, 0.3) is 0 Å². The molecule has 104 valence electrons. The predicted molar refractivity (Wildman–Crippen MR) is 63.3 cm³/mol. The monoisotopic (exact) mass is 268 g/mol. The van der Waals surface area contributed by atoms with Gasteiger partial charge in [0.05, 0.1) is 13.2 Å². The quantitative estimate of drug-likeness (QED) is 0.640. The van der Waals surface area contributed by atoms with Crippen LogP contribution in [-0.4, -0.2) is 56.0 Å². The van der Waals surface area contributed by atoms with Gasteiger partial charge in [-0.25, -0.2) is 0 Å². The molecule has 6 nitrogen and oxygen atoms in total. The Morgan fingerprint density at radius 1 is 1.00 bits per heavy atom. The average Bonchev–Trinajstić information content (AvgIpc) is 2.42. The summed E-state index contributed by atoms with van der Waals surface area (Å²) in [5, 5.41) is 0. The summed E-state index contributed by atoms with van der Waals surface area (Å²) in [6, 6.07) is 0. The van der Waals surface area contributed by atoms with E-state index in [2.05, 4.69) is 13.2 Å². The molecule has 0 aromatic rings. The molecule has 0 amide bonds. The van der Waals surface area contributed by atoms with E-state index in [1.807, 2.05) is 0 Å². The second-order valence-corrected chi connectivity index (χ2v) is 4.58. The number of hydrogen-bond donors (Lipinski definition) is 0. The number of ether oxygens (including phenoxy) is 5. The molecule has 4 rings (SSSR count). The van der Waals surface area contributed by atoms with Crippen molar-refractivity contribution in [2.75, 3.05) is 13.2 Å². The van der Waals surface area contributed by atoms with Gasteiger partial charge in [0, 0.05) is 0 Å². The highest BCUT2D eigenvalue weighted by Crippen LogP contribution is 2.40. The molecule has 4 bridgehead atoms. The molecule has 3 heterocycles. The molecule has 6 heteroatoms. The highest BCUT2D eigenvalue weighted by atomic mass is 16.9. The maximum Gasteiger partial charge on any atom is 0.273 e. The summed E-state index contributed by atoms with van der Waals surface area (Å²) in [5.74, 6) is -0.154. The van der Waals surface area contributed by atoms with Crippen LogP contribution in [0, 0.1) is 0 Å². The van der Waals surface area contributed by atoms with Gasteiger partial charge < -0.3 is 23.7 Å². The smallest absolute Gasteiger partial charge is 0.273 e. The molecule has 3 aliphatic heterocycles. The van der Waals surface area contributed by atoms with Crippen LogP contribution in [0.3, 0.4) is 0 Å². The Bertz CT molecular complexity index is 363. The van der Waals surface area contributed by atoms with Gasteiger partial charge in [0.2, 0.25) is 0 Å². The van der Waals surface area contributed by atoms with Gasteiger partial charge in [0.25, 0.3) is 6.48 Å². The van der Waals surface area contributed by atoms with Gasteiger partial charge in [-0.05, 0) is 0 Å². The molecule has 0 aromatic heterocycles. The van der Waals surface area contributed by atoms with E-state index in [0.29, 0.717) is 13.2 Å². The number of hydrogen-bond acceptors (Lipinski definition) is 6. The Balaban J connectivity index is 1.81. The zero-order chi connectivity index (χ0) is 13.4. The topological polar surface area (TPSA) is 63.2 Å². The van der Waals surface area contributed by atoms with E-state index in [4.69, 9.17) is 23.7 Å². The second-order valence-electron chi connectivity index (χ2n) is 4.58. The van der Waals surface area contributed by atoms with Gasteiger partial charge in [-0.3, -0.25) is 4.79 Å². The first-order chi connectivity index (χ1) is 9.26. The van der Waals surface area contributed by atoms with Crippen LogP contribution in [0.5, 0.6) is 0 Å². The standard InChI is InChI=1S/C13H16O6/c1-3-5-15-10-8-7(14)9-11(16-6-4-2)12(10)19-13(17-8)18-9/h3-4,8-13H,1-2,5-6H2/t8-,9+,10+,11-,12?,13?. The lowest BCUT2D eigenvalue weighted by Crippen LogP contribution is -2.74. The summed E-state index contributed by atoms with van der Waals surface area (Å²) >= 11 is 0. The van der Waals surface area contributed by atoms with Crippen LogP contribution in [0.4, 0.5) is 0 Å². The van der Waals surface area contributed by atoms with Crippen molar-refractivity contribution in [2.24, 2.45) is 0 Å². The van der Waals surface area contributed by atoms with Gasteiger partial charge >= 0.3 is 0 Å². The van der Waals surface area contributed by atoms with E-state index < -0.39 is 30.9 Å². The second kappa shape index (κ2) is 5.15. The van der Waals surface area contributed by atoms with Gasteiger partial charge in [-0.15, -0.1) is 13.2 Å². The maximum absolute atomic E-state index is 12.2. The largest absolute Gasteiger partial charge is 0.368 e. The summed E-state index contributed by atoms with van der Waals surface area (Å²) in [7, 11) is 0. The van der Waals surface area contributed by atoms with Crippen molar-refractivity contribution in [3.63, 3.8) is 0 Å².